The molecular weight excluding hydrogens is 259 g/mol. The molecule has 1 fully saturated rings. The number of hydrogen-bond donors (Lipinski definition) is 2. The van der Waals surface area contributed by atoms with Gasteiger partial charge < -0.3 is 10.4 Å². The lowest BCUT2D eigenvalue weighted by molar-refractivity contribution is -0.141. The third-order valence-electron chi connectivity index (χ3n) is 3.24. The maximum absolute atomic E-state index is 12.3. The lowest BCUT2D eigenvalue weighted by Gasteiger charge is -2.13. The van der Waals surface area contributed by atoms with Crippen LogP contribution in [0.5, 0.6) is 0 Å². The zero-order valence-corrected chi connectivity index (χ0v) is 10.1. The lowest BCUT2D eigenvalue weighted by atomic mass is 9.98. The third kappa shape index (κ3) is 3.70. The summed E-state index contributed by atoms with van der Waals surface area (Å²) in [5.41, 5.74) is 0.913. The van der Waals surface area contributed by atoms with Gasteiger partial charge in [-0.25, -0.2) is 0 Å². The van der Waals surface area contributed by atoms with E-state index in [2.05, 4.69) is 5.32 Å². The largest absolute Gasteiger partial charge is 0.481 e. The number of carbonyl (C=O) groups is 1. The maximum Gasteiger partial charge on any atom is 0.393 e. The molecule has 3 nitrogen and oxygen atoms in total. The number of aliphatic carboxylic acids is 1. The van der Waals surface area contributed by atoms with E-state index >= 15 is 0 Å². The number of hydrogen-bond acceptors (Lipinski definition) is 2. The van der Waals surface area contributed by atoms with Gasteiger partial charge in [0.1, 0.15) is 0 Å². The zero-order chi connectivity index (χ0) is 14.0. The second-order valence-electron chi connectivity index (χ2n) is 4.77. The molecule has 1 heterocycles. The molecule has 1 aromatic rings. The highest BCUT2D eigenvalue weighted by molar-refractivity contribution is 5.70. The molecule has 1 aliphatic rings. The first-order valence-electron chi connectivity index (χ1n) is 5.97. The topological polar surface area (TPSA) is 49.3 Å². The smallest absolute Gasteiger partial charge is 0.393 e. The van der Waals surface area contributed by atoms with Crippen molar-refractivity contribution in [3.63, 3.8) is 0 Å². The average molecular weight is 273 g/mol. The lowest BCUT2D eigenvalue weighted by Crippen LogP contribution is -2.17. The highest BCUT2D eigenvalue weighted by atomic mass is 19.4. The van der Waals surface area contributed by atoms with Crippen LogP contribution in [0.15, 0.2) is 24.3 Å². The van der Waals surface area contributed by atoms with Crippen molar-refractivity contribution in [3.05, 3.63) is 35.4 Å². The summed E-state index contributed by atoms with van der Waals surface area (Å²) in [6.45, 7) is 0.351. The van der Waals surface area contributed by atoms with Crippen molar-refractivity contribution >= 4 is 5.97 Å². The third-order valence-corrected chi connectivity index (χ3v) is 3.24. The SMILES string of the molecule is O=C(O)C1CNC(c2cccc(CC(F)(F)F)c2)C1. The summed E-state index contributed by atoms with van der Waals surface area (Å²) in [7, 11) is 0. The molecular formula is C13H14F3NO2. The van der Waals surface area contributed by atoms with Gasteiger partial charge in [0.15, 0.2) is 0 Å². The van der Waals surface area contributed by atoms with E-state index in [9.17, 15) is 18.0 Å². The Hall–Kier alpha value is -1.56. The predicted molar refractivity (Wildman–Crippen MR) is 62.7 cm³/mol. The maximum atomic E-state index is 12.3. The van der Waals surface area contributed by atoms with Gasteiger partial charge in [0.05, 0.1) is 12.3 Å². The van der Waals surface area contributed by atoms with Crippen molar-refractivity contribution in [2.45, 2.75) is 25.1 Å². The van der Waals surface area contributed by atoms with Gasteiger partial charge in [0.2, 0.25) is 0 Å². The standard InChI is InChI=1S/C13H14F3NO2/c14-13(15,16)6-8-2-1-3-9(4-8)11-5-10(7-17-11)12(18)19/h1-4,10-11,17H,5-7H2,(H,18,19). The summed E-state index contributed by atoms with van der Waals surface area (Å²) < 4.78 is 37.0. The van der Waals surface area contributed by atoms with Crippen molar-refractivity contribution < 1.29 is 23.1 Å². The number of halogens is 3. The van der Waals surface area contributed by atoms with Crippen LogP contribution in [0.25, 0.3) is 0 Å². The van der Waals surface area contributed by atoms with E-state index in [4.69, 9.17) is 5.11 Å². The van der Waals surface area contributed by atoms with E-state index in [0.29, 0.717) is 18.5 Å². The van der Waals surface area contributed by atoms with Gasteiger partial charge >= 0.3 is 12.1 Å². The monoisotopic (exact) mass is 273 g/mol. The van der Waals surface area contributed by atoms with E-state index in [0.717, 1.165) is 0 Å². The second kappa shape index (κ2) is 5.21. The van der Waals surface area contributed by atoms with Crippen molar-refractivity contribution in [2.24, 2.45) is 5.92 Å². The van der Waals surface area contributed by atoms with Crippen molar-refractivity contribution in [1.29, 1.82) is 0 Å². The van der Waals surface area contributed by atoms with Crippen LogP contribution in [0.3, 0.4) is 0 Å². The van der Waals surface area contributed by atoms with Crippen molar-refractivity contribution in [2.75, 3.05) is 6.54 Å². The van der Waals surface area contributed by atoms with Gasteiger partial charge in [-0.15, -0.1) is 0 Å². The number of rotatable bonds is 3. The van der Waals surface area contributed by atoms with Gasteiger partial charge in [0, 0.05) is 12.6 Å². The summed E-state index contributed by atoms with van der Waals surface area (Å²) in [6, 6.07) is 6.04. The van der Waals surface area contributed by atoms with Crippen LogP contribution >= 0.6 is 0 Å². The van der Waals surface area contributed by atoms with Crippen molar-refractivity contribution in [3.8, 4) is 0 Å². The Morgan fingerprint density at radius 2 is 2.16 bits per heavy atom. The predicted octanol–water partition coefficient (Wildman–Crippen LogP) is 2.53. The summed E-state index contributed by atoms with van der Waals surface area (Å²) in [5.74, 6) is -1.35. The summed E-state index contributed by atoms with van der Waals surface area (Å²) in [5, 5.41) is 11.9. The van der Waals surface area contributed by atoms with Crippen molar-refractivity contribution in [1.82, 2.24) is 5.32 Å². The number of nitrogens with one attached hydrogen (secondary N) is 1. The fourth-order valence-corrected chi connectivity index (χ4v) is 2.33. The van der Waals surface area contributed by atoms with E-state index in [-0.39, 0.29) is 11.6 Å². The Bertz CT molecular complexity index is 473. The minimum Gasteiger partial charge on any atom is -0.481 e. The molecule has 0 saturated carbocycles. The molecule has 1 aliphatic heterocycles. The highest BCUT2D eigenvalue weighted by Crippen LogP contribution is 2.29. The first-order chi connectivity index (χ1) is 8.85. The number of alkyl halides is 3. The Balaban J connectivity index is 2.09. The molecule has 19 heavy (non-hydrogen) atoms. The molecule has 0 radical (unpaired) electrons. The normalized spacial score (nSPS) is 23.5. The highest BCUT2D eigenvalue weighted by Gasteiger charge is 2.31. The fraction of sp³-hybridized carbons (Fsp3) is 0.462. The molecule has 6 heteroatoms. The molecule has 0 amide bonds. The van der Waals surface area contributed by atoms with Crippen LogP contribution in [0.4, 0.5) is 13.2 Å². The quantitative estimate of drug-likeness (QED) is 0.889. The minimum atomic E-state index is -4.23. The minimum absolute atomic E-state index is 0.186. The molecule has 2 unspecified atom stereocenters. The zero-order valence-electron chi connectivity index (χ0n) is 10.1. The van der Waals surface area contributed by atoms with Crippen LogP contribution in [-0.4, -0.2) is 23.8 Å². The molecule has 104 valence electrons. The molecule has 2 rings (SSSR count). The Morgan fingerprint density at radius 1 is 1.42 bits per heavy atom. The molecule has 0 bridgehead atoms. The summed E-state index contributed by atoms with van der Waals surface area (Å²) in [4.78, 5) is 10.8. The van der Waals surface area contributed by atoms with E-state index < -0.39 is 24.5 Å². The van der Waals surface area contributed by atoms with Gasteiger partial charge in [-0.2, -0.15) is 13.2 Å². The molecule has 1 saturated heterocycles. The van der Waals surface area contributed by atoms with Crippen LogP contribution in [-0.2, 0) is 11.2 Å². The molecule has 0 aromatic heterocycles. The van der Waals surface area contributed by atoms with E-state index in [1.54, 1.807) is 12.1 Å². The van der Waals surface area contributed by atoms with E-state index in [1.165, 1.54) is 12.1 Å². The Kier molecular flexibility index (Phi) is 3.80. The first kappa shape index (κ1) is 13.9. The van der Waals surface area contributed by atoms with Gasteiger partial charge in [-0.05, 0) is 17.5 Å². The molecule has 2 atom stereocenters. The van der Waals surface area contributed by atoms with Gasteiger partial charge in [-0.3, -0.25) is 4.79 Å². The molecule has 2 N–H and O–H groups in total. The fourth-order valence-electron chi connectivity index (χ4n) is 2.33. The van der Waals surface area contributed by atoms with Crippen LogP contribution in [0.1, 0.15) is 23.6 Å². The summed E-state index contributed by atoms with van der Waals surface area (Å²) in [6.07, 6.45) is -4.79. The average Bonchev–Trinajstić information content (AvgIpc) is 2.76. The first-order valence-corrected chi connectivity index (χ1v) is 5.97. The summed E-state index contributed by atoms with van der Waals surface area (Å²) >= 11 is 0. The van der Waals surface area contributed by atoms with E-state index in [1.807, 2.05) is 0 Å². The number of carboxylic acid groups (broad SMARTS) is 1. The second-order valence-corrected chi connectivity index (χ2v) is 4.77. The van der Waals surface area contributed by atoms with Crippen LogP contribution < -0.4 is 5.32 Å². The molecule has 1 aromatic carbocycles. The Morgan fingerprint density at radius 3 is 2.74 bits per heavy atom. The number of benzene rings is 1. The van der Waals surface area contributed by atoms with Gasteiger partial charge in [0.25, 0.3) is 0 Å². The van der Waals surface area contributed by atoms with Gasteiger partial charge in [-0.1, -0.05) is 24.3 Å². The molecule has 0 spiro atoms. The number of carboxylic acids is 1. The van der Waals surface area contributed by atoms with Crippen LogP contribution in [0, 0.1) is 5.92 Å². The Labute approximate surface area is 108 Å². The molecule has 0 aliphatic carbocycles. The van der Waals surface area contributed by atoms with Crippen LogP contribution in [0.2, 0.25) is 0 Å².